The molecule has 1 unspecified atom stereocenters. The van der Waals surface area contributed by atoms with Gasteiger partial charge >= 0.3 is 0 Å². The summed E-state index contributed by atoms with van der Waals surface area (Å²) in [5, 5.41) is 5.00. The summed E-state index contributed by atoms with van der Waals surface area (Å²) in [6, 6.07) is 15.7. The van der Waals surface area contributed by atoms with Crippen LogP contribution in [-0.2, 0) is 0 Å². The number of carbonyl (C=O) groups is 2. The summed E-state index contributed by atoms with van der Waals surface area (Å²) in [4.78, 5) is 26.8. The molecule has 0 bridgehead atoms. The van der Waals surface area contributed by atoms with Crippen molar-refractivity contribution in [1.29, 1.82) is 0 Å². The third-order valence-corrected chi connectivity index (χ3v) is 5.76. The Kier molecular flexibility index (Phi) is 6.51. The molecular formula is C25H24ClN3O5. The molecule has 2 amide bonds. The molecule has 1 heterocycles. The summed E-state index contributed by atoms with van der Waals surface area (Å²) >= 11 is 6.13. The van der Waals surface area contributed by atoms with Crippen LogP contribution in [0.15, 0.2) is 54.6 Å². The number of fused-ring (bicyclic) bond motifs is 1. The number of carbonyl (C=O) groups excluding carboxylic acids is 2. The van der Waals surface area contributed by atoms with Gasteiger partial charge in [0.05, 0.1) is 26.9 Å². The van der Waals surface area contributed by atoms with Gasteiger partial charge < -0.3 is 19.5 Å². The second-order valence-electron chi connectivity index (χ2n) is 7.68. The minimum atomic E-state index is -0.646. The predicted molar refractivity (Wildman–Crippen MR) is 129 cm³/mol. The first-order valence-corrected chi connectivity index (χ1v) is 10.8. The van der Waals surface area contributed by atoms with E-state index in [1.807, 2.05) is 31.2 Å². The Balaban J connectivity index is 1.73. The largest absolute Gasteiger partial charge is 0.493 e. The molecule has 176 valence electrons. The van der Waals surface area contributed by atoms with E-state index in [2.05, 4.69) is 10.7 Å². The molecule has 0 aromatic heterocycles. The Hall–Kier alpha value is -3.91. The first-order valence-electron chi connectivity index (χ1n) is 10.4. The lowest BCUT2D eigenvalue weighted by Crippen LogP contribution is -2.52. The highest BCUT2D eigenvalue weighted by molar-refractivity contribution is 6.31. The molecule has 1 atom stereocenters. The summed E-state index contributed by atoms with van der Waals surface area (Å²) < 4.78 is 16.0. The quantitative estimate of drug-likeness (QED) is 0.535. The van der Waals surface area contributed by atoms with Crippen LogP contribution in [0.3, 0.4) is 0 Å². The molecule has 0 radical (unpaired) electrons. The molecule has 1 aliphatic rings. The summed E-state index contributed by atoms with van der Waals surface area (Å²) in [5.41, 5.74) is 5.80. The van der Waals surface area contributed by atoms with Crippen molar-refractivity contribution in [3.05, 3.63) is 81.9 Å². The van der Waals surface area contributed by atoms with Crippen molar-refractivity contribution in [1.82, 2.24) is 10.4 Å². The minimum absolute atomic E-state index is 0.224. The summed E-state index contributed by atoms with van der Waals surface area (Å²) in [6.45, 7) is 1.98. The second kappa shape index (κ2) is 9.52. The van der Waals surface area contributed by atoms with E-state index >= 15 is 0 Å². The number of rotatable bonds is 6. The number of anilines is 1. The van der Waals surface area contributed by atoms with Crippen molar-refractivity contribution in [2.45, 2.75) is 13.1 Å². The fourth-order valence-electron chi connectivity index (χ4n) is 3.76. The monoisotopic (exact) mass is 481 g/mol. The van der Waals surface area contributed by atoms with E-state index < -0.39 is 18.0 Å². The average molecular weight is 482 g/mol. The standard InChI is InChI=1S/C25H24ClN3O5/c1-14-5-7-15(8-6-14)23-27-19-10-9-17(26)13-18(19)25(31)29(23)28-24(30)16-11-20(32-2)22(34-4)21(12-16)33-3/h5-13,23,27H,1-4H3,(H,28,30). The van der Waals surface area contributed by atoms with Crippen LogP contribution in [0.25, 0.3) is 0 Å². The topological polar surface area (TPSA) is 89.1 Å². The summed E-state index contributed by atoms with van der Waals surface area (Å²) in [5.74, 6) is 0.0718. The Labute approximate surface area is 202 Å². The lowest BCUT2D eigenvalue weighted by Gasteiger charge is -2.38. The molecule has 2 N–H and O–H groups in total. The van der Waals surface area contributed by atoms with Gasteiger partial charge in [0.2, 0.25) is 5.75 Å². The molecule has 8 nitrogen and oxygen atoms in total. The Morgan fingerprint density at radius 2 is 1.62 bits per heavy atom. The maximum Gasteiger partial charge on any atom is 0.276 e. The zero-order valence-electron chi connectivity index (χ0n) is 19.1. The number of aryl methyl sites for hydroxylation is 1. The molecule has 0 saturated heterocycles. The van der Waals surface area contributed by atoms with Gasteiger partial charge in [-0.15, -0.1) is 0 Å². The molecule has 4 rings (SSSR count). The summed E-state index contributed by atoms with van der Waals surface area (Å²) in [7, 11) is 4.41. The van der Waals surface area contributed by atoms with E-state index in [4.69, 9.17) is 25.8 Å². The molecule has 34 heavy (non-hydrogen) atoms. The number of hydrazine groups is 1. The van der Waals surface area contributed by atoms with Crippen LogP contribution in [0.1, 0.15) is 38.0 Å². The third kappa shape index (κ3) is 4.32. The molecule has 3 aromatic rings. The number of benzene rings is 3. The molecule has 0 spiro atoms. The minimum Gasteiger partial charge on any atom is -0.493 e. The maximum atomic E-state index is 13.5. The number of amides is 2. The summed E-state index contributed by atoms with van der Waals surface area (Å²) in [6.07, 6.45) is -0.646. The first kappa shape index (κ1) is 23.3. The molecule has 0 saturated carbocycles. The van der Waals surface area contributed by atoms with Crippen molar-refractivity contribution >= 4 is 29.1 Å². The van der Waals surface area contributed by atoms with Gasteiger partial charge in [0, 0.05) is 16.3 Å². The van der Waals surface area contributed by atoms with E-state index in [0.29, 0.717) is 33.5 Å². The molecule has 0 aliphatic carbocycles. The van der Waals surface area contributed by atoms with Crippen LogP contribution in [0, 0.1) is 6.92 Å². The fourth-order valence-corrected chi connectivity index (χ4v) is 3.93. The van der Waals surface area contributed by atoms with Gasteiger partial charge in [-0.3, -0.25) is 15.0 Å². The van der Waals surface area contributed by atoms with Gasteiger partial charge in [-0.05, 0) is 42.8 Å². The van der Waals surface area contributed by atoms with Gasteiger partial charge in [-0.1, -0.05) is 41.4 Å². The number of hydrogen-bond donors (Lipinski definition) is 2. The molecule has 9 heteroatoms. The lowest BCUT2D eigenvalue weighted by molar-refractivity contribution is 0.0490. The van der Waals surface area contributed by atoms with Crippen LogP contribution in [0.4, 0.5) is 5.69 Å². The van der Waals surface area contributed by atoms with Crippen molar-refractivity contribution in [3.63, 3.8) is 0 Å². The van der Waals surface area contributed by atoms with Crippen LogP contribution in [-0.4, -0.2) is 38.2 Å². The van der Waals surface area contributed by atoms with Crippen molar-refractivity contribution in [2.24, 2.45) is 0 Å². The highest BCUT2D eigenvalue weighted by Crippen LogP contribution is 2.38. The zero-order valence-corrected chi connectivity index (χ0v) is 19.9. The molecule has 0 fully saturated rings. The number of hydrogen-bond acceptors (Lipinski definition) is 6. The SMILES string of the molecule is COc1cc(C(=O)NN2C(=O)c3cc(Cl)ccc3NC2c2ccc(C)cc2)cc(OC)c1OC. The number of methoxy groups -OCH3 is 3. The Bertz CT molecular complexity index is 1220. The Morgan fingerprint density at radius 1 is 0.971 bits per heavy atom. The lowest BCUT2D eigenvalue weighted by atomic mass is 10.0. The highest BCUT2D eigenvalue weighted by atomic mass is 35.5. The van der Waals surface area contributed by atoms with E-state index in [0.717, 1.165) is 11.1 Å². The number of nitrogens with one attached hydrogen (secondary N) is 2. The van der Waals surface area contributed by atoms with E-state index in [1.54, 1.807) is 18.2 Å². The van der Waals surface area contributed by atoms with Crippen molar-refractivity contribution in [2.75, 3.05) is 26.6 Å². The van der Waals surface area contributed by atoms with Crippen molar-refractivity contribution in [3.8, 4) is 17.2 Å². The maximum absolute atomic E-state index is 13.5. The van der Waals surface area contributed by atoms with Gasteiger partial charge in [0.15, 0.2) is 11.5 Å². The molecule has 1 aliphatic heterocycles. The Morgan fingerprint density at radius 3 is 2.21 bits per heavy atom. The molecule has 3 aromatic carbocycles. The van der Waals surface area contributed by atoms with Gasteiger partial charge in [-0.2, -0.15) is 0 Å². The third-order valence-electron chi connectivity index (χ3n) is 5.52. The first-order chi connectivity index (χ1) is 16.4. The zero-order chi connectivity index (χ0) is 24.4. The number of nitrogens with zero attached hydrogens (tertiary/aromatic N) is 1. The van der Waals surface area contributed by atoms with Crippen LogP contribution < -0.4 is 25.0 Å². The van der Waals surface area contributed by atoms with Crippen LogP contribution >= 0.6 is 11.6 Å². The van der Waals surface area contributed by atoms with Gasteiger partial charge in [-0.25, -0.2) is 5.01 Å². The normalized spacial score (nSPS) is 14.7. The smallest absolute Gasteiger partial charge is 0.276 e. The molecular weight excluding hydrogens is 458 g/mol. The van der Waals surface area contributed by atoms with Crippen LogP contribution in [0.2, 0.25) is 5.02 Å². The van der Waals surface area contributed by atoms with Crippen molar-refractivity contribution < 1.29 is 23.8 Å². The van der Waals surface area contributed by atoms with Gasteiger partial charge in [0.25, 0.3) is 11.8 Å². The van der Waals surface area contributed by atoms with Gasteiger partial charge in [0.1, 0.15) is 6.17 Å². The average Bonchev–Trinajstić information content (AvgIpc) is 2.85. The number of halogens is 1. The fraction of sp³-hybridized carbons (Fsp3) is 0.200. The van der Waals surface area contributed by atoms with Crippen LogP contribution in [0.5, 0.6) is 17.2 Å². The van der Waals surface area contributed by atoms with E-state index in [9.17, 15) is 9.59 Å². The second-order valence-corrected chi connectivity index (χ2v) is 8.11. The van der Waals surface area contributed by atoms with E-state index in [-0.39, 0.29) is 5.56 Å². The highest BCUT2D eigenvalue weighted by Gasteiger charge is 2.35. The van der Waals surface area contributed by atoms with E-state index in [1.165, 1.54) is 38.5 Å². The predicted octanol–water partition coefficient (Wildman–Crippen LogP) is 4.59. The number of ether oxygens (including phenoxy) is 3.